The lowest BCUT2D eigenvalue weighted by Gasteiger charge is -2.36. The highest BCUT2D eigenvalue weighted by molar-refractivity contribution is 6.11. The standard InChI is InChI=1S/C30H36O5/c1-17(2)7-8-22-20(6)13-21-14-23-27(29(35)26(21)28(22)34)24(32)15-25(33)30(23,11-9-18(3)4)12-10-19(5)16-31/h7,9-10,13-15,31-32,34-35H,8,11-12,16H2,1-6H3/b19-10+. The number of carbonyl (C=O) groups excluding carboxylic acids is 1. The lowest BCUT2D eigenvalue weighted by Crippen LogP contribution is -2.37. The summed E-state index contributed by atoms with van der Waals surface area (Å²) in [4.78, 5) is 13.5. The first-order valence-electron chi connectivity index (χ1n) is 11.9. The molecule has 0 aliphatic heterocycles. The Hall–Kier alpha value is -3.31. The molecule has 4 N–H and O–H groups in total. The molecule has 0 saturated heterocycles. The van der Waals surface area contributed by atoms with Gasteiger partial charge in [-0.1, -0.05) is 41.0 Å². The molecular formula is C30H36O5. The zero-order chi connectivity index (χ0) is 26.1. The number of fused-ring (bicyclic) bond motifs is 2. The molecule has 0 radical (unpaired) electrons. The summed E-state index contributed by atoms with van der Waals surface area (Å²) in [6, 6.07) is 3.72. The fourth-order valence-corrected chi connectivity index (χ4v) is 4.67. The lowest BCUT2D eigenvalue weighted by atomic mass is 9.66. The van der Waals surface area contributed by atoms with Gasteiger partial charge < -0.3 is 20.4 Å². The second kappa shape index (κ2) is 10.1. The fraction of sp³-hybridized carbons (Fsp3) is 0.367. The van der Waals surface area contributed by atoms with Crippen LogP contribution in [0.1, 0.15) is 69.7 Å². The molecule has 0 aromatic heterocycles. The summed E-state index contributed by atoms with van der Waals surface area (Å²) in [6.07, 6.45) is 8.18. The normalized spacial score (nSPS) is 17.7. The molecule has 0 spiro atoms. The van der Waals surface area contributed by atoms with Crippen molar-refractivity contribution in [3.05, 3.63) is 75.4 Å². The summed E-state index contributed by atoms with van der Waals surface area (Å²) in [5.74, 6) is -0.833. The van der Waals surface area contributed by atoms with Crippen LogP contribution in [0.3, 0.4) is 0 Å². The van der Waals surface area contributed by atoms with Gasteiger partial charge >= 0.3 is 0 Å². The number of aryl methyl sites for hydroxylation is 1. The number of phenolic OH excluding ortho intramolecular Hbond substituents is 2. The lowest BCUT2D eigenvalue weighted by molar-refractivity contribution is -0.120. The Kier molecular flexibility index (Phi) is 7.61. The number of ketones is 1. The number of aliphatic hydroxyl groups is 2. The minimum atomic E-state index is -1.06. The summed E-state index contributed by atoms with van der Waals surface area (Å²) in [5, 5.41) is 43.8. The second-order valence-electron chi connectivity index (χ2n) is 10.1. The number of phenols is 2. The van der Waals surface area contributed by atoms with Crippen molar-refractivity contribution in [1.29, 1.82) is 0 Å². The Morgan fingerprint density at radius 2 is 1.54 bits per heavy atom. The summed E-state index contributed by atoms with van der Waals surface area (Å²) in [5.41, 5.74) is 4.10. The van der Waals surface area contributed by atoms with Gasteiger partial charge in [-0.15, -0.1) is 0 Å². The summed E-state index contributed by atoms with van der Waals surface area (Å²) in [7, 11) is 0. The van der Waals surface area contributed by atoms with E-state index in [9.17, 15) is 25.2 Å². The van der Waals surface area contributed by atoms with Crippen LogP contribution in [0.4, 0.5) is 0 Å². The largest absolute Gasteiger partial charge is 0.507 e. The van der Waals surface area contributed by atoms with Gasteiger partial charge in [0.1, 0.15) is 17.3 Å². The van der Waals surface area contributed by atoms with Crippen LogP contribution in [0, 0.1) is 6.92 Å². The molecule has 3 rings (SSSR count). The molecule has 1 atom stereocenters. The highest BCUT2D eigenvalue weighted by atomic mass is 16.3. The Balaban J connectivity index is 2.39. The van der Waals surface area contributed by atoms with Gasteiger partial charge in [0.2, 0.25) is 0 Å². The zero-order valence-corrected chi connectivity index (χ0v) is 21.5. The Morgan fingerprint density at radius 1 is 0.914 bits per heavy atom. The minimum absolute atomic E-state index is 0.0200. The second-order valence-corrected chi connectivity index (χ2v) is 10.1. The van der Waals surface area contributed by atoms with Crippen molar-refractivity contribution < 1.29 is 25.2 Å². The van der Waals surface area contributed by atoms with Crippen molar-refractivity contribution in [2.24, 2.45) is 0 Å². The molecule has 0 fully saturated rings. The van der Waals surface area contributed by atoms with E-state index >= 15 is 0 Å². The van der Waals surface area contributed by atoms with Gasteiger partial charge in [0.05, 0.1) is 23.0 Å². The topological polar surface area (TPSA) is 98.0 Å². The predicted molar refractivity (Wildman–Crippen MR) is 142 cm³/mol. The molecule has 0 heterocycles. The zero-order valence-electron chi connectivity index (χ0n) is 21.5. The van der Waals surface area contributed by atoms with Crippen molar-refractivity contribution in [2.75, 3.05) is 6.61 Å². The van der Waals surface area contributed by atoms with Crippen molar-refractivity contribution in [3.63, 3.8) is 0 Å². The third-order valence-electron chi connectivity index (χ3n) is 6.83. The van der Waals surface area contributed by atoms with E-state index in [1.807, 2.05) is 65.0 Å². The van der Waals surface area contributed by atoms with Gasteiger partial charge in [0, 0.05) is 11.6 Å². The van der Waals surface area contributed by atoms with E-state index in [-0.39, 0.29) is 40.6 Å². The molecule has 1 aliphatic carbocycles. The molecular weight excluding hydrogens is 440 g/mol. The SMILES string of the molecule is CC(C)=CCc1c(C)cc2cc3c(c(O)c2c1O)C(O)=CC(=O)C3(CC=C(C)C)C/C=C(\C)CO. The van der Waals surface area contributed by atoms with Gasteiger partial charge in [-0.25, -0.2) is 0 Å². The smallest absolute Gasteiger partial charge is 0.170 e. The Labute approximate surface area is 207 Å². The van der Waals surface area contributed by atoms with E-state index in [4.69, 9.17) is 0 Å². The van der Waals surface area contributed by atoms with Crippen molar-refractivity contribution >= 4 is 22.3 Å². The van der Waals surface area contributed by atoms with E-state index in [1.165, 1.54) is 6.08 Å². The summed E-state index contributed by atoms with van der Waals surface area (Å²) in [6.45, 7) is 11.5. The van der Waals surface area contributed by atoms with Crippen LogP contribution in [-0.4, -0.2) is 32.8 Å². The maximum absolute atomic E-state index is 13.5. The van der Waals surface area contributed by atoms with Crippen molar-refractivity contribution in [2.45, 2.75) is 66.2 Å². The van der Waals surface area contributed by atoms with Gasteiger partial charge in [0.25, 0.3) is 0 Å². The summed E-state index contributed by atoms with van der Waals surface area (Å²) < 4.78 is 0. The van der Waals surface area contributed by atoms with Crippen molar-refractivity contribution in [3.8, 4) is 11.5 Å². The number of benzene rings is 2. The number of hydrogen-bond donors (Lipinski definition) is 4. The first-order chi connectivity index (χ1) is 16.4. The molecule has 186 valence electrons. The van der Waals surface area contributed by atoms with Crippen LogP contribution in [0.25, 0.3) is 16.5 Å². The predicted octanol–water partition coefficient (Wildman–Crippen LogP) is 6.47. The van der Waals surface area contributed by atoms with E-state index in [0.717, 1.165) is 22.3 Å². The molecule has 1 unspecified atom stereocenters. The quantitative estimate of drug-likeness (QED) is 0.343. The molecule has 0 saturated carbocycles. The average Bonchev–Trinajstić information content (AvgIpc) is 2.77. The van der Waals surface area contributed by atoms with Gasteiger partial charge in [-0.2, -0.15) is 0 Å². The molecule has 1 aliphatic rings. The van der Waals surface area contributed by atoms with E-state index in [1.54, 1.807) is 6.92 Å². The minimum Gasteiger partial charge on any atom is -0.507 e. The number of rotatable bonds is 7. The Bertz CT molecular complexity index is 1300. The molecule has 5 heteroatoms. The van der Waals surface area contributed by atoms with E-state index in [2.05, 4.69) is 0 Å². The maximum Gasteiger partial charge on any atom is 0.170 e. The number of carbonyl (C=O) groups is 1. The molecule has 0 bridgehead atoms. The van der Waals surface area contributed by atoms with Gasteiger partial charge in [-0.05, 0) is 83.4 Å². The number of hydrogen-bond acceptors (Lipinski definition) is 5. The van der Waals surface area contributed by atoms with Crippen LogP contribution in [0.2, 0.25) is 0 Å². The molecule has 5 nitrogen and oxygen atoms in total. The molecule has 35 heavy (non-hydrogen) atoms. The van der Waals surface area contributed by atoms with Crippen LogP contribution < -0.4 is 0 Å². The third kappa shape index (κ3) is 4.92. The van der Waals surface area contributed by atoms with Gasteiger partial charge in [-0.3, -0.25) is 4.79 Å². The number of allylic oxidation sites excluding steroid dienone is 6. The maximum atomic E-state index is 13.5. The monoisotopic (exact) mass is 476 g/mol. The first-order valence-corrected chi connectivity index (χ1v) is 11.9. The van der Waals surface area contributed by atoms with Gasteiger partial charge in [0.15, 0.2) is 5.78 Å². The fourth-order valence-electron chi connectivity index (χ4n) is 4.67. The summed E-state index contributed by atoms with van der Waals surface area (Å²) >= 11 is 0. The number of aromatic hydroxyl groups is 2. The highest BCUT2D eigenvalue weighted by Crippen LogP contribution is 2.50. The molecule has 2 aromatic rings. The van der Waals surface area contributed by atoms with E-state index < -0.39 is 5.41 Å². The third-order valence-corrected chi connectivity index (χ3v) is 6.83. The van der Waals surface area contributed by atoms with Crippen LogP contribution in [0.5, 0.6) is 11.5 Å². The van der Waals surface area contributed by atoms with Crippen LogP contribution in [0.15, 0.2) is 53.2 Å². The Morgan fingerprint density at radius 3 is 2.14 bits per heavy atom. The van der Waals surface area contributed by atoms with E-state index in [0.29, 0.717) is 35.8 Å². The molecule has 0 amide bonds. The first kappa shape index (κ1) is 26.3. The van der Waals surface area contributed by atoms with Crippen LogP contribution in [-0.2, 0) is 16.6 Å². The number of aliphatic hydroxyl groups excluding tert-OH is 2. The highest BCUT2D eigenvalue weighted by Gasteiger charge is 2.44. The average molecular weight is 477 g/mol. The van der Waals surface area contributed by atoms with Crippen molar-refractivity contribution in [1.82, 2.24) is 0 Å². The van der Waals surface area contributed by atoms with Crippen LogP contribution >= 0.6 is 0 Å². The molecule has 2 aromatic carbocycles.